The highest BCUT2D eigenvalue weighted by Crippen LogP contribution is 2.32. The molecular formula is C7H15BrOSi. The molecule has 0 aromatic carbocycles. The zero-order chi connectivity index (χ0) is 7.45. The van der Waals surface area contributed by atoms with E-state index in [1.54, 1.807) is 0 Å². The summed E-state index contributed by atoms with van der Waals surface area (Å²) >= 11 is 3.39. The van der Waals surface area contributed by atoms with Gasteiger partial charge in [-0.1, -0.05) is 22.4 Å². The van der Waals surface area contributed by atoms with Crippen LogP contribution in [-0.4, -0.2) is 20.3 Å². The molecule has 0 aliphatic carbocycles. The van der Waals surface area contributed by atoms with Crippen LogP contribution in [0.1, 0.15) is 12.8 Å². The van der Waals surface area contributed by atoms with Crippen molar-refractivity contribution in [2.24, 2.45) is 0 Å². The lowest BCUT2D eigenvalue weighted by molar-refractivity contribution is 0.291. The number of rotatable bonds is 4. The SMILES string of the molecule is C[Si]1(OCCCBr)CCC1. The Labute approximate surface area is 72.4 Å². The summed E-state index contributed by atoms with van der Waals surface area (Å²) in [5, 5.41) is 1.08. The Morgan fingerprint density at radius 1 is 1.50 bits per heavy atom. The van der Waals surface area contributed by atoms with Crippen molar-refractivity contribution < 1.29 is 4.43 Å². The lowest BCUT2D eigenvalue weighted by Crippen LogP contribution is -2.41. The van der Waals surface area contributed by atoms with Gasteiger partial charge in [0, 0.05) is 11.9 Å². The van der Waals surface area contributed by atoms with Crippen LogP contribution in [0.2, 0.25) is 18.6 Å². The monoisotopic (exact) mass is 222 g/mol. The van der Waals surface area contributed by atoms with Gasteiger partial charge in [0.2, 0.25) is 0 Å². The standard InChI is InChI=1S/C7H15BrOSi/c1-10(6-3-7-10)9-5-2-4-8/h2-7H2,1H3. The Hall–Kier alpha value is 0.657. The van der Waals surface area contributed by atoms with Crippen LogP contribution < -0.4 is 0 Å². The molecule has 3 heteroatoms. The maximum absolute atomic E-state index is 5.81. The van der Waals surface area contributed by atoms with Crippen molar-refractivity contribution in [1.82, 2.24) is 0 Å². The topological polar surface area (TPSA) is 9.23 Å². The molecule has 0 saturated carbocycles. The second kappa shape index (κ2) is 3.88. The largest absolute Gasteiger partial charge is 0.417 e. The van der Waals surface area contributed by atoms with Crippen molar-refractivity contribution >= 4 is 24.2 Å². The van der Waals surface area contributed by atoms with Crippen LogP contribution in [0.3, 0.4) is 0 Å². The van der Waals surface area contributed by atoms with Crippen LogP contribution in [0.25, 0.3) is 0 Å². The van der Waals surface area contributed by atoms with Gasteiger partial charge in [0.15, 0.2) is 8.32 Å². The molecular weight excluding hydrogens is 208 g/mol. The van der Waals surface area contributed by atoms with Crippen molar-refractivity contribution in [2.75, 3.05) is 11.9 Å². The third-order valence-electron chi connectivity index (χ3n) is 2.14. The van der Waals surface area contributed by atoms with Gasteiger partial charge >= 0.3 is 0 Å². The summed E-state index contributed by atoms with van der Waals surface area (Å²) in [6.45, 7) is 3.33. The molecule has 1 nitrogen and oxygen atoms in total. The van der Waals surface area contributed by atoms with Gasteiger partial charge in [-0.25, -0.2) is 0 Å². The molecule has 1 heterocycles. The van der Waals surface area contributed by atoms with Gasteiger partial charge in [-0.05, 0) is 25.1 Å². The van der Waals surface area contributed by atoms with E-state index in [2.05, 4.69) is 22.5 Å². The van der Waals surface area contributed by atoms with E-state index < -0.39 is 8.32 Å². The molecule has 0 amide bonds. The van der Waals surface area contributed by atoms with Crippen LogP contribution >= 0.6 is 15.9 Å². The van der Waals surface area contributed by atoms with Gasteiger partial charge in [0.05, 0.1) is 0 Å². The fourth-order valence-electron chi connectivity index (χ4n) is 1.19. The number of hydrogen-bond acceptors (Lipinski definition) is 1. The van der Waals surface area contributed by atoms with Gasteiger partial charge < -0.3 is 4.43 Å². The van der Waals surface area contributed by atoms with E-state index in [0.717, 1.165) is 11.9 Å². The summed E-state index contributed by atoms with van der Waals surface area (Å²) in [4.78, 5) is 0. The molecule has 0 N–H and O–H groups in total. The van der Waals surface area contributed by atoms with E-state index in [1.807, 2.05) is 0 Å². The Kier molecular flexibility index (Phi) is 3.40. The van der Waals surface area contributed by atoms with Crippen LogP contribution in [0.4, 0.5) is 0 Å². The van der Waals surface area contributed by atoms with Crippen molar-refractivity contribution in [1.29, 1.82) is 0 Å². The fraction of sp³-hybridized carbons (Fsp3) is 1.00. The van der Waals surface area contributed by atoms with Gasteiger partial charge in [-0.3, -0.25) is 0 Å². The van der Waals surface area contributed by atoms with E-state index in [-0.39, 0.29) is 0 Å². The second-order valence-corrected chi connectivity index (χ2v) is 8.18. The van der Waals surface area contributed by atoms with E-state index in [1.165, 1.54) is 24.9 Å². The van der Waals surface area contributed by atoms with Crippen molar-refractivity contribution in [3.63, 3.8) is 0 Å². The molecule has 0 unspecified atom stereocenters. The molecule has 0 radical (unpaired) electrons. The molecule has 1 fully saturated rings. The van der Waals surface area contributed by atoms with Crippen LogP contribution in [0.5, 0.6) is 0 Å². The summed E-state index contributed by atoms with van der Waals surface area (Å²) in [5.41, 5.74) is 0. The highest BCUT2D eigenvalue weighted by Gasteiger charge is 2.35. The Bertz CT molecular complexity index is 104. The van der Waals surface area contributed by atoms with E-state index >= 15 is 0 Å². The molecule has 1 aliphatic heterocycles. The van der Waals surface area contributed by atoms with E-state index in [4.69, 9.17) is 4.43 Å². The molecule has 10 heavy (non-hydrogen) atoms. The molecule has 0 spiro atoms. The van der Waals surface area contributed by atoms with Gasteiger partial charge in [-0.15, -0.1) is 0 Å². The summed E-state index contributed by atoms with van der Waals surface area (Å²) in [6.07, 6.45) is 2.58. The van der Waals surface area contributed by atoms with Gasteiger partial charge in [0.25, 0.3) is 0 Å². The summed E-state index contributed by atoms with van der Waals surface area (Å²) in [6, 6.07) is 2.80. The highest BCUT2D eigenvalue weighted by molar-refractivity contribution is 9.09. The lowest BCUT2D eigenvalue weighted by Gasteiger charge is -2.35. The van der Waals surface area contributed by atoms with E-state index in [9.17, 15) is 0 Å². The maximum atomic E-state index is 5.81. The smallest absolute Gasteiger partial charge is 0.189 e. The normalized spacial score (nSPS) is 22.2. The molecule has 0 aromatic rings. The minimum atomic E-state index is -1.05. The Morgan fingerprint density at radius 2 is 2.20 bits per heavy atom. The van der Waals surface area contributed by atoms with Crippen molar-refractivity contribution in [3.8, 4) is 0 Å². The number of hydrogen-bond donors (Lipinski definition) is 0. The second-order valence-electron chi connectivity index (χ2n) is 3.19. The van der Waals surface area contributed by atoms with Gasteiger partial charge in [0.1, 0.15) is 0 Å². The van der Waals surface area contributed by atoms with Crippen molar-refractivity contribution in [2.45, 2.75) is 31.5 Å². The van der Waals surface area contributed by atoms with Crippen LogP contribution in [0, 0.1) is 0 Å². The minimum Gasteiger partial charge on any atom is -0.417 e. The molecule has 0 atom stereocenters. The fourth-order valence-corrected chi connectivity index (χ4v) is 3.70. The molecule has 1 saturated heterocycles. The number of halogens is 1. The van der Waals surface area contributed by atoms with Crippen LogP contribution in [-0.2, 0) is 4.43 Å². The average Bonchev–Trinajstić information content (AvgIpc) is 1.85. The quantitative estimate of drug-likeness (QED) is 0.404. The summed E-state index contributed by atoms with van der Waals surface area (Å²) in [5.74, 6) is 0. The Balaban J connectivity index is 2.01. The first kappa shape index (κ1) is 8.75. The first-order chi connectivity index (χ1) is 4.77. The lowest BCUT2D eigenvalue weighted by atomic mass is 10.5. The average molecular weight is 223 g/mol. The molecule has 1 rings (SSSR count). The van der Waals surface area contributed by atoms with Gasteiger partial charge in [-0.2, -0.15) is 0 Å². The molecule has 0 aromatic heterocycles. The molecule has 60 valence electrons. The Morgan fingerprint density at radius 3 is 2.60 bits per heavy atom. The zero-order valence-electron chi connectivity index (χ0n) is 6.53. The minimum absolute atomic E-state index is 0.980. The zero-order valence-corrected chi connectivity index (χ0v) is 9.11. The third-order valence-corrected chi connectivity index (χ3v) is 6.42. The predicted octanol–water partition coefficient (Wildman–Crippen LogP) is 2.77. The molecule has 1 aliphatic rings. The summed E-state index contributed by atoms with van der Waals surface area (Å²) in [7, 11) is -1.05. The van der Waals surface area contributed by atoms with Crippen molar-refractivity contribution in [3.05, 3.63) is 0 Å². The highest BCUT2D eigenvalue weighted by atomic mass is 79.9. The van der Waals surface area contributed by atoms with E-state index in [0.29, 0.717) is 0 Å². The number of alkyl halides is 1. The molecule has 0 bridgehead atoms. The first-order valence-electron chi connectivity index (χ1n) is 3.97. The maximum Gasteiger partial charge on any atom is 0.189 e. The predicted molar refractivity (Wildman–Crippen MR) is 50.2 cm³/mol. The summed E-state index contributed by atoms with van der Waals surface area (Å²) < 4.78 is 5.81. The first-order valence-corrected chi connectivity index (χ1v) is 7.91. The van der Waals surface area contributed by atoms with Crippen LogP contribution in [0.15, 0.2) is 0 Å². The third kappa shape index (κ3) is 2.36.